The SMILES string of the molecule is CC[C@@H](C(=O)Nc1cc(F)ccc1F)n1nc(-c2ccccc2)c2c(c1=O)CCCC2. The highest BCUT2D eigenvalue weighted by Gasteiger charge is 2.27. The minimum absolute atomic E-state index is 0.266. The van der Waals surface area contributed by atoms with E-state index in [0.29, 0.717) is 17.7 Å². The van der Waals surface area contributed by atoms with Crippen LogP contribution in [0.5, 0.6) is 0 Å². The van der Waals surface area contributed by atoms with E-state index in [2.05, 4.69) is 10.4 Å². The van der Waals surface area contributed by atoms with Crippen LogP contribution >= 0.6 is 0 Å². The number of fused-ring (bicyclic) bond motifs is 1. The van der Waals surface area contributed by atoms with Gasteiger partial charge in [-0.15, -0.1) is 0 Å². The van der Waals surface area contributed by atoms with E-state index in [0.717, 1.165) is 48.6 Å². The normalized spacial score (nSPS) is 14.0. The lowest BCUT2D eigenvalue weighted by molar-refractivity contribution is -0.119. The van der Waals surface area contributed by atoms with Crippen molar-refractivity contribution in [2.24, 2.45) is 0 Å². The number of hydrogen-bond acceptors (Lipinski definition) is 3. The lowest BCUT2D eigenvalue weighted by Crippen LogP contribution is -2.38. The summed E-state index contributed by atoms with van der Waals surface area (Å²) in [6.45, 7) is 1.75. The van der Waals surface area contributed by atoms with Crippen molar-refractivity contribution in [3.8, 4) is 11.3 Å². The first-order valence-electron chi connectivity index (χ1n) is 10.5. The number of hydrogen-bond donors (Lipinski definition) is 1. The predicted octanol–water partition coefficient (Wildman–Crippen LogP) is 4.66. The Kier molecular flexibility index (Phi) is 5.93. The quantitative estimate of drug-likeness (QED) is 0.649. The Hall–Kier alpha value is -3.35. The Morgan fingerprint density at radius 2 is 1.81 bits per heavy atom. The highest BCUT2D eigenvalue weighted by atomic mass is 19.1. The van der Waals surface area contributed by atoms with Gasteiger partial charge >= 0.3 is 0 Å². The summed E-state index contributed by atoms with van der Waals surface area (Å²) in [6.07, 6.45) is 3.54. The monoisotopic (exact) mass is 423 g/mol. The van der Waals surface area contributed by atoms with Crippen LogP contribution in [0.4, 0.5) is 14.5 Å². The van der Waals surface area contributed by atoms with Gasteiger partial charge in [-0.05, 0) is 49.8 Å². The predicted molar refractivity (Wildman–Crippen MR) is 115 cm³/mol. The van der Waals surface area contributed by atoms with Gasteiger partial charge in [0.2, 0.25) is 5.91 Å². The molecule has 0 unspecified atom stereocenters. The molecule has 3 aromatic rings. The molecule has 1 aromatic heterocycles. The molecule has 0 saturated heterocycles. The lowest BCUT2D eigenvalue weighted by Gasteiger charge is -2.23. The van der Waals surface area contributed by atoms with Crippen LogP contribution in [0.1, 0.15) is 43.4 Å². The van der Waals surface area contributed by atoms with Gasteiger partial charge in [-0.1, -0.05) is 37.3 Å². The maximum Gasteiger partial charge on any atom is 0.271 e. The molecule has 1 amide bonds. The number of amides is 1. The van der Waals surface area contributed by atoms with Gasteiger partial charge < -0.3 is 5.32 Å². The maximum atomic E-state index is 14.0. The van der Waals surface area contributed by atoms with Crippen LogP contribution in [0.25, 0.3) is 11.3 Å². The van der Waals surface area contributed by atoms with Gasteiger partial charge in [0.25, 0.3) is 5.56 Å². The molecule has 0 saturated carbocycles. The van der Waals surface area contributed by atoms with Crippen LogP contribution in [0, 0.1) is 11.6 Å². The summed E-state index contributed by atoms with van der Waals surface area (Å²) in [7, 11) is 0. The Bertz CT molecular complexity index is 1180. The number of carbonyl (C=O) groups excluding carboxylic acids is 1. The Balaban J connectivity index is 1.79. The van der Waals surface area contributed by atoms with Gasteiger partial charge in [-0.3, -0.25) is 9.59 Å². The van der Waals surface area contributed by atoms with Gasteiger partial charge in [0.15, 0.2) is 0 Å². The summed E-state index contributed by atoms with van der Waals surface area (Å²) >= 11 is 0. The zero-order valence-corrected chi connectivity index (χ0v) is 17.2. The van der Waals surface area contributed by atoms with E-state index in [1.807, 2.05) is 30.3 Å². The molecule has 0 spiro atoms. The molecule has 7 heteroatoms. The average molecular weight is 423 g/mol. The smallest absolute Gasteiger partial charge is 0.271 e. The molecule has 0 aliphatic heterocycles. The van der Waals surface area contributed by atoms with E-state index in [-0.39, 0.29) is 17.7 Å². The van der Waals surface area contributed by atoms with Crippen LogP contribution in [-0.4, -0.2) is 15.7 Å². The summed E-state index contributed by atoms with van der Waals surface area (Å²) in [5.74, 6) is -2.03. The molecule has 0 radical (unpaired) electrons. The second-order valence-corrected chi connectivity index (χ2v) is 7.67. The summed E-state index contributed by atoms with van der Waals surface area (Å²) in [4.78, 5) is 26.2. The fourth-order valence-electron chi connectivity index (χ4n) is 4.07. The number of aromatic nitrogens is 2. The van der Waals surface area contributed by atoms with Crippen LogP contribution in [-0.2, 0) is 17.6 Å². The van der Waals surface area contributed by atoms with Gasteiger partial charge in [-0.25, -0.2) is 13.5 Å². The number of anilines is 1. The Morgan fingerprint density at radius 3 is 2.52 bits per heavy atom. The van der Waals surface area contributed by atoms with E-state index in [1.54, 1.807) is 6.92 Å². The minimum atomic E-state index is -0.954. The van der Waals surface area contributed by atoms with Crippen molar-refractivity contribution >= 4 is 11.6 Å². The van der Waals surface area contributed by atoms with E-state index in [9.17, 15) is 18.4 Å². The molecule has 1 N–H and O–H groups in total. The third-order valence-electron chi connectivity index (χ3n) is 5.65. The molecule has 31 heavy (non-hydrogen) atoms. The van der Waals surface area contributed by atoms with Gasteiger partial charge in [0.1, 0.15) is 17.7 Å². The molecule has 1 heterocycles. The maximum absolute atomic E-state index is 14.0. The fraction of sp³-hybridized carbons (Fsp3) is 0.292. The molecule has 2 aromatic carbocycles. The van der Waals surface area contributed by atoms with E-state index >= 15 is 0 Å². The molecule has 0 fully saturated rings. The Labute approximate surface area is 178 Å². The van der Waals surface area contributed by atoms with Crippen molar-refractivity contribution < 1.29 is 13.6 Å². The van der Waals surface area contributed by atoms with E-state index in [1.165, 1.54) is 4.68 Å². The summed E-state index contributed by atoms with van der Waals surface area (Å²) < 4.78 is 28.7. The first-order chi connectivity index (χ1) is 15.0. The fourth-order valence-corrected chi connectivity index (χ4v) is 4.07. The van der Waals surface area contributed by atoms with E-state index < -0.39 is 23.6 Å². The zero-order valence-electron chi connectivity index (χ0n) is 17.2. The molecule has 160 valence electrons. The summed E-state index contributed by atoms with van der Waals surface area (Å²) in [5, 5.41) is 7.02. The van der Waals surface area contributed by atoms with Crippen molar-refractivity contribution in [1.29, 1.82) is 0 Å². The molecular weight excluding hydrogens is 400 g/mol. The van der Waals surface area contributed by atoms with Crippen molar-refractivity contribution in [3.05, 3.63) is 81.6 Å². The largest absolute Gasteiger partial charge is 0.322 e. The number of halogens is 2. The van der Waals surface area contributed by atoms with Crippen LogP contribution in [0.15, 0.2) is 53.3 Å². The molecule has 1 aliphatic rings. The van der Waals surface area contributed by atoms with Crippen molar-refractivity contribution in [3.63, 3.8) is 0 Å². The molecular formula is C24H23F2N3O2. The molecule has 5 nitrogen and oxygen atoms in total. The summed E-state index contributed by atoms with van der Waals surface area (Å²) in [5.41, 5.74) is 2.63. The van der Waals surface area contributed by atoms with Gasteiger partial charge in [0, 0.05) is 17.2 Å². The van der Waals surface area contributed by atoms with Gasteiger partial charge in [-0.2, -0.15) is 5.10 Å². The standard InChI is InChI=1S/C24H23F2N3O2/c1-2-21(23(30)27-20-14-16(25)12-13-19(20)26)29-24(31)18-11-7-6-10-17(18)22(28-29)15-8-4-3-5-9-15/h3-5,8-9,12-14,21H,2,6-7,10-11H2,1H3,(H,27,30)/t21-/m0/s1. The Morgan fingerprint density at radius 1 is 1.10 bits per heavy atom. The van der Waals surface area contributed by atoms with Gasteiger partial charge in [0.05, 0.1) is 11.4 Å². The topological polar surface area (TPSA) is 64.0 Å². The minimum Gasteiger partial charge on any atom is -0.322 e. The van der Waals surface area contributed by atoms with Crippen LogP contribution < -0.4 is 10.9 Å². The first kappa shape index (κ1) is 20.9. The third-order valence-corrected chi connectivity index (χ3v) is 5.65. The number of carbonyl (C=O) groups is 1. The van der Waals surface area contributed by atoms with E-state index in [4.69, 9.17) is 0 Å². The molecule has 0 bridgehead atoms. The van der Waals surface area contributed by atoms with Crippen LogP contribution in [0.2, 0.25) is 0 Å². The highest BCUT2D eigenvalue weighted by molar-refractivity contribution is 5.93. The van der Waals surface area contributed by atoms with Crippen molar-refractivity contribution in [2.75, 3.05) is 5.32 Å². The molecule has 1 aliphatic carbocycles. The van der Waals surface area contributed by atoms with Crippen molar-refractivity contribution in [1.82, 2.24) is 9.78 Å². The summed E-state index contributed by atoms with van der Waals surface area (Å²) in [6, 6.07) is 11.4. The molecule has 1 atom stereocenters. The van der Waals surface area contributed by atoms with Crippen molar-refractivity contribution in [2.45, 2.75) is 45.1 Å². The number of nitrogens with zero attached hydrogens (tertiary/aromatic N) is 2. The third kappa shape index (κ3) is 4.13. The average Bonchev–Trinajstić information content (AvgIpc) is 2.79. The number of rotatable bonds is 5. The number of benzene rings is 2. The first-order valence-corrected chi connectivity index (χ1v) is 10.5. The lowest BCUT2D eigenvalue weighted by atomic mass is 9.89. The molecule has 4 rings (SSSR count). The zero-order chi connectivity index (χ0) is 22.0. The second kappa shape index (κ2) is 8.79. The number of nitrogens with one attached hydrogen (secondary N) is 1. The van der Waals surface area contributed by atoms with Crippen LogP contribution in [0.3, 0.4) is 0 Å². The highest BCUT2D eigenvalue weighted by Crippen LogP contribution is 2.29. The second-order valence-electron chi connectivity index (χ2n) is 7.67.